The number of hydrogen-bond donors (Lipinski definition) is 0. The molecule has 4 rings (SSSR count). The summed E-state index contributed by atoms with van der Waals surface area (Å²) >= 11 is 0. The van der Waals surface area contributed by atoms with E-state index in [-0.39, 0.29) is 24.8 Å². The Morgan fingerprint density at radius 2 is 1.92 bits per heavy atom. The molecule has 0 spiro atoms. The van der Waals surface area contributed by atoms with E-state index >= 15 is 0 Å². The first kappa shape index (κ1) is 16.9. The fraction of sp³-hybridized carbons (Fsp3) is 0.474. The molecule has 26 heavy (non-hydrogen) atoms. The minimum Gasteiger partial charge on any atom is -0.454 e. The lowest BCUT2D eigenvalue weighted by molar-refractivity contribution is -0.142. The Balaban J connectivity index is 1.50. The molecule has 138 valence electrons. The predicted molar refractivity (Wildman–Crippen MR) is 96.3 cm³/mol. The van der Waals surface area contributed by atoms with Gasteiger partial charge in [-0.1, -0.05) is 6.07 Å². The Kier molecular flexibility index (Phi) is 4.11. The van der Waals surface area contributed by atoms with Gasteiger partial charge in [-0.15, -0.1) is 0 Å². The van der Waals surface area contributed by atoms with Crippen LogP contribution in [0.3, 0.4) is 0 Å². The number of fused-ring (bicyclic) bond motifs is 1. The number of likely N-dealkylation sites (tertiary alicyclic amines) is 1. The van der Waals surface area contributed by atoms with Crippen molar-refractivity contribution in [1.29, 1.82) is 0 Å². The SMILES string of the molecule is Cc1cc(C)n(C2CN(C(=O)C(c3ccc4c(c3)OCO4)N(C)C)C2)n1. The van der Waals surface area contributed by atoms with Gasteiger partial charge >= 0.3 is 0 Å². The van der Waals surface area contributed by atoms with Crippen LogP contribution in [0.5, 0.6) is 11.5 Å². The van der Waals surface area contributed by atoms with E-state index < -0.39 is 0 Å². The van der Waals surface area contributed by atoms with E-state index in [1.807, 2.05) is 53.7 Å². The van der Waals surface area contributed by atoms with E-state index in [1.165, 1.54) is 0 Å². The average Bonchev–Trinajstić information content (AvgIpc) is 3.11. The number of aromatic nitrogens is 2. The van der Waals surface area contributed by atoms with Crippen molar-refractivity contribution in [2.75, 3.05) is 34.0 Å². The van der Waals surface area contributed by atoms with Crippen molar-refractivity contribution in [3.63, 3.8) is 0 Å². The molecule has 2 aromatic rings. The number of amides is 1. The first-order valence-electron chi connectivity index (χ1n) is 8.81. The summed E-state index contributed by atoms with van der Waals surface area (Å²) in [5.41, 5.74) is 3.07. The highest BCUT2D eigenvalue weighted by Gasteiger charge is 2.38. The number of aryl methyl sites for hydroxylation is 2. The normalized spacial score (nSPS) is 17.5. The Labute approximate surface area is 153 Å². The summed E-state index contributed by atoms with van der Waals surface area (Å²) in [6, 6.07) is 7.70. The van der Waals surface area contributed by atoms with E-state index in [1.54, 1.807) is 0 Å². The molecule has 1 atom stereocenters. The summed E-state index contributed by atoms with van der Waals surface area (Å²) in [5, 5.41) is 4.54. The van der Waals surface area contributed by atoms with Crippen molar-refractivity contribution in [2.45, 2.75) is 25.9 Å². The highest BCUT2D eigenvalue weighted by Crippen LogP contribution is 2.36. The lowest BCUT2D eigenvalue weighted by atomic mass is 10.0. The number of likely N-dealkylation sites (N-methyl/N-ethyl adjacent to an activating group) is 1. The second kappa shape index (κ2) is 6.32. The number of hydrogen-bond acceptors (Lipinski definition) is 5. The Morgan fingerprint density at radius 3 is 2.58 bits per heavy atom. The highest BCUT2D eigenvalue weighted by molar-refractivity contribution is 5.84. The molecule has 0 radical (unpaired) electrons. The van der Waals surface area contributed by atoms with Crippen LogP contribution in [0.4, 0.5) is 0 Å². The molecule has 1 amide bonds. The van der Waals surface area contributed by atoms with Crippen LogP contribution in [-0.2, 0) is 4.79 Å². The van der Waals surface area contributed by atoms with Crippen molar-refractivity contribution in [3.8, 4) is 11.5 Å². The van der Waals surface area contributed by atoms with Gasteiger partial charge in [-0.3, -0.25) is 14.4 Å². The third kappa shape index (κ3) is 2.82. The molecule has 7 heteroatoms. The lowest BCUT2D eigenvalue weighted by Gasteiger charge is -2.42. The maximum Gasteiger partial charge on any atom is 0.244 e. The van der Waals surface area contributed by atoms with Crippen molar-refractivity contribution in [2.24, 2.45) is 0 Å². The molecule has 1 fully saturated rings. The van der Waals surface area contributed by atoms with Crippen LogP contribution >= 0.6 is 0 Å². The number of carbonyl (C=O) groups excluding carboxylic acids is 1. The summed E-state index contributed by atoms with van der Waals surface area (Å²) in [7, 11) is 3.84. The summed E-state index contributed by atoms with van der Waals surface area (Å²) in [5.74, 6) is 1.53. The van der Waals surface area contributed by atoms with E-state index in [9.17, 15) is 4.79 Å². The van der Waals surface area contributed by atoms with Gasteiger partial charge in [-0.2, -0.15) is 5.10 Å². The van der Waals surface area contributed by atoms with Gasteiger partial charge in [0.15, 0.2) is 11.5 Å². The molecule has 1 aromatic carbocycles. The standard InChI is InChI=1S/C19H24N4O3/c1-12-7-13(2)23(20-12)15-9-22(10-15)19(24)18(21(3)4)14-5-6-16-17(8-14)26-11-25-16/h5-8,15,18H,9-11H2,1-4H3. The number of ether oxygens (including phenoxy) is 2. The molecule has 2 aliphatic rings. The molecule has 3 heterocycles. The van der Waals surface area contributed by atoms with E-state index in [4.69, 9.17) is 9.47 Å². The van der Waals surface area contributed by atoms with Crippen molar-refractivity contribution < 1.29 is 14.3 Å². The van der Waals surface area contributed by atoms with Crippen LogP contribution in [0.1, 0.15) is 29.0 Å². The Hall–Kier alpha value is -2.54. The van der Waals surface area contributed by atoms with Crippen molar-refractivity contribution in [3.05, 3.63) is 41.2 Å². The van der Waals surface area contributed by atoms with Crippen LogP contribution in [0.25, 0.3) is 0 Å². The average molecular weight is 356 g/mol. The Bertz CT molecular complexity index is 839. The van der Waals surface area contributed by atoms with E-state index in [2.05, 4.69) is 18.1 Å². The molecule has 0 N–H and O–H groups in total. The number of carbonyl (C=O) groups is 1. The fourth-order valence-electron chi connectivity index (χ4n) is 3.72. The van der Waals surface area contributed by atoms with Crippen LogP contribution in [-0.4, -0.2) is 59.5 Å². The van der Waals surface area contributed by atoms with Crippen LogP contribution in [0.2, 0.25) is 0 Å². The third-order valence-corrected chi connectivity index (χ3v) is 5.03. The van der Waals surface area contributed by atoms with Crippen molar-refractivity contribution >= 4 is 5.91 Å². The molecule has 1 aromatic heterocycles. The smallest absolute Gasteiger partial charge is 0.244 e. The first-order valence-corrected chi connectivity index (χ1v) is 8.81. The summed E-state index contributed by atoms with van der Waals surface area (Å²) < 4.78 is 12.9. The maximum absolute atomic E-state index is 13.1. The number of benzene rings is 1. The maximum atomic E-state index is 13.1. The molecular formula is C19H24N4O3. The summed E-state index contributed by atoms with van der Waals surface area (Å²) in [6.45, 7) is 5.66. The lowest BCUT2D eigenvalue weighted by Crippen LogP contribution is -2.54. The van der Waals surface area contributed by atoms with E-state index in [0.29, 0.717) is 18.8 Å². The molecule has 1 unspecified atom stereocenters. The van der Waals surface area contributed by atoms with Crippen LogP contribution in [0, 0.1) is 13.8 Å². The van der Waals surface area contributed by atoms with Crippen LogP contribution in [0.15, 0.2) is 24.3 Å². The second-order valence-electron chi connectivity index (χ2n) is 7.25. The van der Waals surface area contributed by atoms with Gasteiger partial charge < -0.3 is 14.4 Å². The van der Waals surface area contributed by atoms with Gasteiger partial charge in [0.05, 0.1) is 11.7 Å². The van der Waals surface area contributed by atoms with Gasteiger partial charge in [0, 0.05) is 18.8 Å². The zero-order chi connectivity index (χ0) is 18.4. The van der Waals surface area contributed by atoms with Crippen molar-refractivity contribution in [1.82, 2.24) is 19.6 Å². The molecule has 7 nitrogen and oxygen atoms in total. The molecule has 0 bridgehead atoms. The number of nitrogens with zero attached hydrogens (tertiary/aromatic N) is 4. The largest absolute Gasteiger partial charge is 0.454 e. The van der Waals surface area contributed by atoms with Gasteiger partial charge in [0.25, 0.3) is 0 Å². The zero-order valence-electron chi connectivity index (χ0n) is 15.6. The Morgan fingerprint density at radius 1 is 1.19 bits per heavy atom. The zero-order valence-corrected chi connectivity index (χ0v) is 15.6. The molecule has 1 saturated heterocycles. The number of rotatable bonds is 4. The van der Waals surface area contributed by atoms with Gasteiger partial charge in [-0.05, 0) is 51.7 Å². The highest BCUT2D eigenvalue weighted by atomic mass is 16.7. The minimum absolute atomic E-state index is 0.103. The summed E-state index contributed by atoms with van der Waals surface area (Å²) in [6.07, 6.45) is 0. The topological polar surface area (TPSA) is 59.8 Å². The third-order valence-electron chi connectivity index (χ3n) is 5.03. The van der Waals surface area contributed by atoms with Gasteiger partial charge in [0.2, 0.25) is 12.7 Å². The van der Waals surface area contributed by atoms with E-state index in [0.717, 1.165) is 22.7 Å². The molecule has 2 aliphatic heterocycles. The predicted octanol–water partition coefficient (Wildman–Crippen LogP) is 1.91. The summed E-state index contributed by atoms with van der Waals surface area (Å²) in [4.78, 5) is 17.0. The molecule has 0 aliphatic carbocycles. The monoisotopic (exact) mass is 356 g/mol. The van der Waals surface area contributed by atoms with Gasteiger partial charge in [0.1, 0.15) is 6.04 Å². The fourth-order valence-corrected chi connectivity index (χ4v) is 3.72. The molecular weight excluding hydrogens is 332 g/mol. The van der Waals surface area contributed by atoms with Gasteiger partial charge in [-0.25, -0.2) is 0 Å². The second-order valence-corrected chi connectivity index (χ2v) is 7.25. The van der Waals surface area contributed by atoms with Crippen LogP contribution < -0.4 is 9.47 Å². The minimum atomic E-state index is -0.342. The first-order chi connectivity index (χ1) is 12.4. The molecule has 0 saturated carbocycles. The quantitative estimate of drug-likeness (QED) is 0.838.